The summed E-state index contributed by atoms with van der Waals surface area (Å²) in [7, 11) is 2.18. The Bertz CT molecular complexity index is 174. The molecule has 68 valence electrons. The van der Waals surface area contributed by atoms with Crippen molar-refractivity contribution < 1.29 is 4.79 Å². The lowest BCUT2D eigenvalue weighted by Crippen LogP contribution is -2.55. The molecule has 1 heterocycles. The van der Waals surface area contributed by atoms with Gasteiger partial charge in [0.25, 0.3) is 0 Å². The number of hydrogen-bond acceptors (Lipinski definition) is 2. The molecule has 2 rings (SSSR count). The highest BCUT2D eigenvalue weighted by atomic mass is 16.1. The smallest absolute Gasteiger partial charge is 0.123 e. The van der Waals surface area contributed by atoms with Crippen molar-refractivity contribution in [1.82, 2.24) is 4.90 Å². The Morgan fingerprint density at radius 3 is 2.33 bits per heavy atom. The molecular formula is C10H17NO. The summed E-state index contributed by atoms with van der Waals surface area (Å²) in [6, 6.07) is 0. The second-order valence-corrected chi connectivity index (χ2v) is 4.65. The molecule has 2 heteroatoms. The highest BCUT2D eigenvalue weighted by molar-refractivity contribution is 5.53. The molecule has 2 fully saturated rings. The van der Waals surface area contributed by atoms with Crippen molar-refractivity contribution in [3.63, 3.8) is 0 Å². The molecule has 0 aromatic heterocycles. The minimum absolute atomic E-state index is 0.376. The molecule has 1 saturated heterocycles. The van der Waals surface area contributed by atoms with Gasteiger partial charge < -0.3 is 9.69 Å². The average Bonchev–Trinajstić information content (AvgIpc) is 2.04. The van der Waals surface area contributed by atoms with Crippen molar-refractivity contribution in [2.75, 3.05) is 20.1 Å². The van der Waals surface area contributed by atoms with E-state index in [9.17, 15) is 4.79 Å². The third kappa shape index (κ3) is 1.28. The predicted octanol–water partition coefficient (Wildman–Crippen LogP) is 1.31. The van der Waals surface area contributed by atoms with Gasteiger partial charge in [-0.05, 0) is 38.1 Å². The van der Waals surface area contributed by atoms with E-state index in [0.29, 0.717) is 11.3 Å². The van der Waals surface area contributed by atoms with Gasteiger partial charge in [0.1, 0.15) is 6.29 Å². The van der Waals surface area contributed by atoms with Crippen molar-refractivity contribution in [3.05, 3.63) is 0 Å². The summed E-state index contributed by atoms with van der Waals surface area (Å²) in [5, 5.41) is 0. The fourth-order valence-electron chi connectivity index (χ4n) is 2.80. The summed E-state index contributed by atoms with van der Waals surface area (Å²) in [5.41, 5.74) is 0.619. The Morgan fingerprint density at radius 2 is 1.92 bits per heavy atom. The number of nitrogens with zero attached hydrogens (tertiary/aromatic N) is 1. The first-order valence-corrected chi connectivity index (χ1v) is 4.88. The number of hydrogen-bond donors (Lipinski definition) is 0. The molecule has 0 atom stereocenters. The normalized spacial score (nSPS) is 30.1. The van der Waals surface area contributed by atoms with E-state index in [1.165, 1.54) is 25.9 Å². The van der Waals surface area contributed by atoms with Crippen LogP contribution in [0.1, 0.15) is 25.7 Å². The fraction of sp³-hybridized carbons (Fsp3) is 0.900. The third-order valence-corrected chi connectivity index (χ3v) is 3.49. The van der Waals surface area contributed by atoms with Gasteiger partial charge in [0, 0.05) is 19.0 Å². The highest BCUT2D eigenvalue weighted by Crippen LogP contribution is 2.44. The van der Waals surface area contributed by atoms with Crippen LogP contribution < -0.4 is 0 Å². The Morgan fingerprint density at radius 1 is 1.33 bits per heavy atom. The van der Waals surface area contributed by atoms with Gasteiger partial charge in [-0.15, -0.1) is 0 Å². The minimum Gasteiger partial charge on any atom is -0.305 e. The first kappa shape index (κ1) is 8.24. The summed E-state index contributed by atoms with van der Waals surface area (Å²) < 4.78 is 0. The van der Waals surface area contributed by atoms with Gasteiger partial charge in [0.15, 0.2) is 0 Å². The van der Waals surface area contributed by atoms with Crippen LogP contribution >= 0.6 is 0 Å². The van der Waals surface area contributed by atoms with Gasteiger partial charge in [-0.2, -0.15) is 0 Å². The largest absolute Gasteiger partial charge is 0.305 e. The van der Waals surface area contributed by atoms with E-state index >= 15 is 0 Å². The van der Waals surface area contributed by atoms with E-state index in [1.54, 1.807) is 0 Å². The minimum atomic E-state index is 0.376. The molecule has 0 amide bonds. The van der Waals surface area contributed by atoms with Gasteiger partial charge in [-0.25, -0.2) is 0 Å². The van der Waals surface area contributed by atoms with Crippen LogP contribution in [0.3, 0.4) is 0 Å². The van der Waals surface area contributed by atoms with E-state index < -0.39 is 0 Å². The quantitative estimate of drug-likeness (QED) is 0.549. The molecule has 0 bridgehead atoms. The molecular weight excluding hydrogens is 150 g/mol. The van der Waals surface area contributed by atoms with E-state index in [0.717, 1.165) is 19.1 Å². The zero-order valence-electron chi connectivity index (χ0n) is 7.75. The maximum absolute atomic E-state index is 10.5. The van der Waals surface area contributed by atoms with Crippen molar-refractivity contribution >= 4 is 6.29 Å². The highest BCUT2D eigenvalue weighted by Gasteiger charge is 2.43. The van der Waals surface area contributed by atoms with Gasteiger partial charge in [0.05, 0.1) is 0 Å². The Kier molecular flexibility index (Phi) is 1.95. The van der Waals surface area contributed by atoms with E-state index in [1.807, 2.05) is 0 Å². The first-order chi connectivity index (χ1) is 5.74. The van der Waals surface area contributed by atoms with Crippen molar-refractivity contribution in [2.24, 2.45) is 11.3 Å². The van der Waals surface area contributed by atoms with Crippen LogP contribution in [0.4, 0.5) is 0 Å². The summed E-state index contributed by atoms with van der Waals surface area (Å²) >= 11 is 0. The number of likely N-dealkylation sites (tertiary alicyclic amines) is 1. The molecule has 0 radical (unpaired) electrons. The van der Waals surface area contributed by atoms with Crippen molar-refractivity contribution in [1.29, 1.82) is 0 Å². The van der Waals surface area contributed by atoms with Crippen LogP contribution in [-0.2, 0) is 4.79 Å². The topological polar surface area (TPSA) is 20.3 Å². The molecule has 0 N–H and O–H groups in total. The number of carbonyl (C=O) groups excluding carboxylic acids is 1. The fourth-order valence-corrected chi connectivity index (χ4v) is 2.80. The maximum atomic E-state index is 10.5. The van der Waals surface area contributed by atoms with Gasteiger partial charge >= 0.3 is 0 Å². The predicted molar refractivity (Wildman–Crippen MR) is 48.0 cm³/mol. The first-order valence-electron chi connectivity index (χ1n) is 4.88. The SMILES string of the molecule is CN1CC2(CCC(C=O)CC2)C1. The molecule has 0 aromatic rings. The molecule has 2 aliphatic rings. The molecule has 0 aromatic carbocycles. The number of rotatable bonds is 1. The molecule has 1 aliphatic carbocycles. The maximum Gasteiger partial charge on any atom is 0.123 e. The zero-order chi connectivity index (χ0) is 8.60. The van der Waals surface area contributed by atoms with Crippen LogP contribution in [0, 0.1) is 11.3 Å². The molecule has 1 saturated carbocycles. The third-order valence-electron chi connectivity index (χ3n) is 3.49. The van der Waals surface area contributed by atoms with Gasteiger partial charge in [-0.1, -0.05) is 0 Å². The molecule has 1 spiro atoms. The lowest BCUT2D eigenvalue weighted by Gasteiger charge is -2.51. The van der Waals surface area contributed by atoms with Crippen LogP contribution in [-0.4, -0.2) is 31.3 Å². The van der Waals surface area contributed by atoms with Crippen LogP contribution in [0.5, 0.6) is 0 Å². The second-order valence-electron chi connectivity index (χ2n) is 4.65. The van der Waals surface area contributed by atoms with Crippen molar-refractivity contribution in [3.8, 4) is 0 Å². The molecule has 2 nitrogen and oxygen atoms in total. The summed E-state index contributed by atoms with van der Waals surface area (Å²) in [6.45, 7) is 2.52. The van der Waals surface area contributed by atoms with Crippen LogP contribution in [0.25, 0.3) is 0 Å². The lowest BCUT2D eigenvalue weighted by molar-refractivity contribution is -0.114. The second kappa shape index (κ2) is 2.84. The summed E-state index contributed by atoms with van der Waals surface area (Å²) in [6.07, 6.45) is 5.98. The van der Waals surface area contributed by atoms with E-state index in [-0.39, 0.29) is 0 Å². The van der Waals surface area contributed by atoms with Crippen LogP contribution in [0.2, 0.25) is 0 Å². The average molecular weight is 167 g/mol. The summed E-state index contributed by atoms with van der Waals surface area (Å²) in [4.78, 5) is 12.9. The molecule has 1 aliphatic heterocycles. The zero-order valence-corrected chi connectivity index (χ0v) is 7.75. The molecule has 12 heavy (non-hydrogen) atoms. The Hall–Kier alpha value is -0.370. The standard InChI is InChI=1S/C10H17NO/c1-11-7-10(8-11)4-2-9(6-12)3-5-10/h6,9H,2-5,7-8H2,1H3. The van der Waals surface area contributed by atoms with Gasteiger partial charge in [0.2, 0.25) is 0 Å². The number of aldehydes is 1. The Balaban J connectivity index is 1.86. The van der Waals surface area contributed by atoms with Crippen LogP contribution in [0.15, 0.2) is 0 Å². The molecule has 0 unspecified atom stereocenters. The lowest BCUT2D eigenvalue weighted by atomic mass is 9.66. The van der Waals surface area contributed by atoms with Gasteiger partial charge in [-0.3, -0.25) is 0 Å². The Labute approximate surface area is 73.9 Å². The summed E-state index contributed by atoms with van der Waals surface area (Å²) in [5.74, 6) is 0.376. The number of carbonyl (C=O) groups is 1. The van der Waals surface area contributed by atoms with E-state index in [4.69, 9.17) is 0 Å². The van der Waals surface area contributed by atoms with Crippen molar-refractivity contribution in [2.45, 2.75) is 25.7 Å². The van der Waals surface area contributed by atoms with E-state index in [2.05, 4.69) is 11.9 Å². The monoisotopic (exact) mass is 167 g/mol.